The van der Waals surface area contributed by atoms with Gasteiger partial charge in [0.25, 0.3) is 5.91 Å². The van der Waals surface area contributed by atoms with Gasteiger partial charge in [-0.2, -0.15) is 0 Å². The first-order valence-corrected chi connectivity index (χ1v) is 7.72. The normalized spacial score (nSPS) is 10.5. The van der Waals surface area contributed by atoms with Crippen LogP contribution in [0.5, 0.6) is 5.75 Å². The highest BCUT2D eigenvalue weighted by atomic mass is 79.9. The molecular formula is C15H16BrClN2O2. The van der Waals surface area contributed by atoms with Crippen LogP contribution in [0.3, 0.4) is 0 Å². The molecule has 0 aliphatic carbocycles. The molecule has 1 amide bonds. The molecule has 0 aliphatic rings. The number of aromatic nitrogens is 1. The summed E-state index contributed by atoms with van der Waals surface area (Å²) in [5.74, 6) is 0.472. The van der Waals surface area contributed by atoms with Gasteiger partial charge in [-0.15, -0.1) is 0 Å². The first-order chi connectivity index (χ1) is 10.0. The van der Waals surface area contributed by atoms with Crippen LogP contribution in [0.4, 0.5) is 5.69 Å². The minimum Gasteiger partial charge on any atom is -0.497 e. The molecule has 1 aromatic carbocycles. The maximum Gasteiger partial charge on any atom is 0.272 e. The predicted octanol–water partition coefficient (Wildman–Crippen LogP) is 4.57. The van der Waals surface area contributed by atoms with Crippen molar-refractivity contribution in [2.75, 3.05) is 12.4 Å². The zero-order chi connectivity index (χ0) is 15.4. The van der Waals surface area contributed by atoms with Crippen LogP contribution in [-0.4, -0.2) is 17.6 Å². The molecule has 0 radical (unpaired) electrons. The molecule has 0 unspecified atom stereocenters. The standard InChI is InChI=1S/C15H16BrClN2O2/c1-3-6-19-9-10(17)7-14(19)15(20)18-13-8-11(21-2)4-5-12(13)16/h4-5,7-9H,3,6H2,1-2H3,(H,18,20). The zero-order valence-corrected chi connectivity index (χ0v) is 14.2. The summed E-state index contributed by atoms with van der Waals surface area (Å²) < 4.78 is 7.81. The number of hydrogen-bond acceptors (Lipinski definition) is 2. The molecule has 0 atom stereocenters. The summed E-state index contributed by atoms with van der Waals surface area (Å²) in [4.78, 5) is 12.4. The van der Waals surface area contributed by atoms with E-state index >= 15 is 0 Å². The second-order valence-corrected chi connectivity index (χ2v) is 5.83. The van der Waals surface area contributed by atoms with Crippen LogP contribution in [0.1, 0.15) is 23.8 Å². The van der Waals surface area contributed by atoms with Gasteiger partial charge in [-0.3, -0.25) is 4.79 Å². The molecule has 0 saturated heterocycles. The highest BCUT2D eigenvalue weighted by Crippen LogP contribution is 2.28. The number of anilines is 1. The highest BCUT2D eigenvalue weighted by molar-refractivity contribution is 9.10. The van der Waals surface area contributed by atoms with Crippen molar-refractivity contribution in [3.8, 4) is 5.75 Å². The number of benzene rings is 1. The minimum absolute atomic E-state index is 0.204. The number of nitrogens with zero attached hydrogens (tertiary/aromatic N) is 1. The van der Waals surface area contributed by atoms with Gasteiger partial charge in [0, 0.05) is 23.3 Å². The lowest BCUT2D eigenvalue weighted by Crippen LogP contribution is -2.17. The van der Waals surface area contributed by atoms with Crippen LogP contribution in [0.2, 0.25) is 5.02 Å². The zero-order valence-electron chi connectivity index (χ0n) is 11.8. The summed E-state index contributed by atoms with van der Waals surface area (Å²) in [5, 5.41) is 3.42. The van der Waals surface area contributed by atoms with E-state index in [0.29, 0.717) is 22.2 Å². The van der Waals surface area contributed by atoms with E-state index in [1.54, 1.807) is 25.4 Å². The lowest BCUT2D eigenvalue weighted by molar-refractivity contribution is 0.101. The van der Waals surface area contributed by atoms with Gasteiger partial charge in [0.1, 0.15) is 11.4 Å². The second kappa shape index (κ2) is 7.00. The number of hydrogen-bond donors (Lipinski definition) is 1. The number of aryl methyl sites for hydroxylation is 1. The van der Waals surface area contributed by atoms with Crippen LogP contribution >= 0.6 is 27.5 Å². The van der Waals surface area contributed by atoms with Crippen molar-refractivity contribution in [2.45, 2.75) is 19.9 Å². The SMILES string of the molecule is CCCn1cc(Cl)cc1C(=O)Nc1cc(OC)ccc1Br. The molecular weight excluding hydrogens is 356 g/mol. The monoisotopic (exact) mass is 370 g/mol. The van der Waals surface area contributed by atoms with Gasteiger partial charge in [0.2, 0.25) is 0 Å². The van der Waals surface area contributed by atoms with E-state index in [4.69, 9.17) is 16.3 Å². The summed E-state index contributed by atoms with van der Waals surface area (Å²) in [5.41, 5.74) is 1.19. The molecule has 1 N–H and O–H groups in total. The van der Waals surface area contributed by atoms with Gasteiger partial charge in [0.05, 0.1) is 17.8 Å². The fourth-order valence-corrected chi connectivity index (χ4v) is 2.57. The summed E-state index contributed by atoms with van der Waals surface area (Å²) in [7, 11) is 1.58. The van der Waals surface area contributed by atoms with Gasteiger partial charge >= 0.3 is 0 Å². The Kier molecular flexibility index (Phi) is 5.31. The first-order valence-electron chi connectivity index (χ1n) is 6.55. The van der Waals surface area contributed by atoms with Crippen LogP contribution in [0.15, 0.2) is 34.9 Å². The Morgan fingerprint density at radius 1 is 1.43 bits per heavy atom. The van der Waals surface area contributed by atoms with Gasteiger partial charge in [-0.1, -0.05) is 18.5 Å². The minimum atomic E-state index is -0.204. The van der Waals surface area contributed by atoms with Crippen molar-refractivity contribution in [2.24, 2.45) is 0 Å². The Hall–Kier alpha value is -1.46. The van der Waals surface area contributed by atoms with Gasteiger partial charge < -0.3 is 14.6 Å². The molecule has 1 heterocycles. The molecule has 112 valence electrons. The van der Waals surface area contributed by atoms with Crippen molar-refractivity contribution in [1.82, 2.24) is 4.57 Å². The number of carbonyl (C=O) groups is 1. The molecule has 4 nitrogen and oxygen atoms in total. The molecule has 0 saturated carbocycles. The van der Waals surface area contributed by atoms with Gasteiger partial charge in [0.15, 0.2) is 0 Å². The van der Waals surface area contributed by atoms with Gasteiger partial charge in [-0.25, -0.2) is 0 Å². The number of nitrogens with one attached hydrogen (secondary N) is 1. The molecule has 0 fully saturated rings. The number of ether oxygens (including phenoxy) is 1. The van der Waals surface area contributed by atoms with Gasteiger partial charge in [-0.05, 0) is 40.5 Å². The van der Waals surface area contributed by atoms with E-state index < -0.39 is 0 Å². The number of methoxy groups -OCH3 is 1. The van der Waals surface area contributed by atoms with E-state index in [9.17, 15) is 4.79 Å². The van der Waals surface area contributed by atoms with Crippen molar-refractivity contribution in [1.29, 1.82) is 0 Å². The van der Waals surface area contributed by atoms with Crippen molar-refractivity contribution < 1.29 is 9.53 Å². The lowest BCUT2D eigenvalue weighted by atomic mass is 10.3. The average molecular weight is 372 g/mol. The Morgan fingerprint density at radius 3 is 2.86 bits per heavy atom. The van der Waals surface area contributed by atoms with Crippen molar-refractivity contribution in [3.63, 3.8) is 0 Å². The Morgan fingerprint density at radius 2 is 2.19 bits per heavy atom. The topological polar surface area (TPSA) is 43.3 Å². The maximum absolute atomic E-state index is 12.4. The third kappa shape index (κ3) is 3.80. The van der Waals surface area contributed by atoms with Crippen LogP contribution in [0.25, 0.3) is 0 Å². The molecule has 0 aliphatic heterocycles. The van der Waals surface area contributed by atoms with Crippen LogP contribution in [-0.2, 0) is 6.54 Å². The summed E-state index contributed by atoms with van der Waals surface area (Å²) in [6, 6.07) is 7.07. The van der Waals surface area contributed by atoms with Crippen LogP contribution < -0.4 is 10.1 Å². The molecule has 0 bridgehead atoms. The van der Waals surface area contributed by atoms with E-state index in [1.165, 1.54) is 0 Å². The molecule has 2 rings (SSSR count). The summed E-state index contributed by atoms with van der Waals surface area (Å²) >= 11 is 9.41. The Balaban J connectivity index is 2.25. The Labute approximate surface area is 137 Å². The number of halogens is 2. The summed E-state index contributed by atoms with van der Waals surface area (Å²) in [6.45, 7) is 2.79. The molecule has 2 aromatic rings. The third-order valence-corrected chi connectivity index (χ3v) is 3.88. The molecule has 1 aromatic heterocycles. The van der Waals surface area contributed by atoms with Crippen LogP contribution in [0, 0.1) is 0 Å². The number of amides is 1. The van der Waals surface area contributed by atoms with Crippen molar-refractivity contribution in [3.05, 3.63) is 45.7 Å². The van der Waals surface area contributed by atoms with Crippen molar-refractivity contribution >= 4 is 39.1 Å². The largest absolute Gasteiger partial charge is 0.497 e. The van der Waals surface area contributed by atoms with E-state index in [-0.39, 0.29) is 5.91 Å². The molecule has 0 spiro atoms. The smallest absolute Gasteiger partial charge is 0.272 e. The molecule has 6 heteroatoms. The predicted molar refractivity (Wildman–Crippen MR) is 88.4 cm³/mol. The first kappa shape index (κ1) is 15.9. The number of rotatable bonds is 5. The molecule has 21 heavy (non-hydrogen) atoms. The fraction of sp³-hybridized carbons (Fsp3) is 0.267. The fourth-order valence-electron chi connectivity index (χ4n) is 2.00. The average Bonchev–Trinajstić information content (AvgIpc) is 2.82. The highest BCUT2D eigenvalue weighted by Gasteiger charge is 2.14. The van der Waals surface area contributed by atoms with E-state index in [2.05, 4.69) is 21.2 Å². The second-order valence-electron chi connectivity index (χ2n) is 4.54. The summed E-state index contributed by atoms with van der Waals surface area (Å²) in [6.07, 6.45) is 2.69. The maximum atomic E-state index is 12.4. The van der Waals surface area contributed by atoms with E-state index in [1.807, 2.05) is 23.6 Å². The quantitative estimate of drug-likeness (QED) is 0.836. The Bertz CT molecular complexity index is 655. The third-order valence-electron chi connectivity index (χ3n) is 2.98. The van der Waals surface area contributed by atoms with E-state index in [0.717, 1.165) is 17.4 Å². The number of carbonyl (C=O) groups excluding carboxylic acids is 1. The lowest BCUT2D eigenvalue weighted by Gasteiger charge is -2.11.